The second-order valence-electron chi connectivity index (χ2n) is 9.78. The standard InChI is InChI=1S/C28H27Cl2N3O5S/c1-28(2,3)38-26(34)18-33(39(36,37)24-15-21(29)14-22(30)16-24)23-9-10-25-20(13-23)11-12-32(25)27(35)31-17-19-7-5-4-6-8-19/h4-16H,17-18H2,1-3H3,(H,31,35). The SMILES string of the molecule is CC(C)(C)OC(=O)CN(c1ccc2c(ccn2C(=O)NCc2ccccc2)c1)S(=O)(=O)c1cc(Cl)cc(Cl)c1. The van der Waals surface area contributed by atoms with Gasteiger partial charge in [-0.15, -0.1) is 0 Å². The van der Waals surface area contributed by atoms with Gasteiger partial charge in [0.15, 0.2) is 0 Å². The Hall–Kier alpha value is -3.53. The van der Waals surface area contributed by atoms with Crippen LogP contribution in [0.3, 0.4) is 0 Å². The first-order chi connectivity index (χ1) is 18.3. The first-order valence-electron chi connectivity index (χ1n) is 12.0. The summed E-state index contributed by atoms with van der Waals surface area (Å²) in [6.07, 6.45) is 1.60. The zero-order chi connectivity index (χ0) is 28.4. The van der Waals surface area contributed by atoms with Crippen LogP contribution in [0.25, 0.3) is 10.9 Å². The van der Waals surface area contributed by atoms with Crippen molar-refractivity contribution in [3.8, 4) is 0 Å². The zero-order valence-electron chi connectivity index (χ0n) is 21.5. The summed E-state index contributed by atoms with van der Waals surface area (Å²) in [5.74, 6) is -0.739. The van der Waals surface area contributed by atoms with E-state index in [4.69, 9.17) is 27.9 Å². The Morgan fingerprint density at radius 1 is 0.949 bits per heavy atom. The Kier molecular flexibility index (Phi) is 8.25. The van der Waals surface area contributed by atoms with Crippen LogP contribution in [0.5, 0.6) is 0 Å². The predicted molar refractivity (Wildman–Crippen MR) is 153 cm³/mol. The lowest BCUT2D eigenvalue weighted by Gasteiger charge is -2.26. The molecule has 0 radical (unpaired) electrons. The number of nitrogens with zero attached hydrogens (tertiary/aromatic N) is 2. The number of rotatable bonds is 7. The molecule has 0 aliphatic heterocycles. The van der Waals surface area contributed by atoms with Crippen LogP contribution < -0.4 is 9.62 Å². The smallest absolute Gasteiger partial charge is 0.327 e. The Morgan fingerprint density at radius 3 is 2.26 bits per heavy atom. The topological polar surface area (TPSA) is 97.7 Å². The number of fused-ring (bicyclic) bond motifs is 1. The minimum absolute atomic E-state index is 0.132. The fourth-order valence-electron chi connectivity index (χ4n) is 3.93. The number of amides is 1. The molecule has 0 unspecified atom stereocenters. The van der Waals surface area contributed by atoms with Gasteiger partial charge < -0.3 is 10.1 Å². The molecule has 39 heavy (non-hydrogen) atoms. The summed E-state index contributed by atoms with van der Waals surface area (Å²) in [5, 5.41) is 3.72. The Balaban J connectivity index is 1.69. The number of carbonyl (C=O) groups excluding carboxylic acids is 2. The molecule has 4 rings (SSSR count). The summed E-state index contributed by atoms with van der Waals surface area (Å²) in [6, 6.07) is 19.5. The molecule has 0 saturated carbocycles. The molecular formula is C28H27Cl2N3O5S. The monoisotopic (exact) mass is 587 g/mol. The number of benzene rings is 3. The average molecular weight is 589 g/mol. The van der Waals surface area contributed by atoms with Crippen molar-refractivity contribution in [3.05, 3.63) is 94.6 Å². The molecule has 1 aromatic heterocycles. The molecule has 0 bridgehead atoms. The van der Waals surface area contributed by atoms with Crippen LogP contribution in [0.4, 0.5) is 10.5 Å². The van der Waals surface area contributed by atoms with Gasteiger partial charge in [0.05, 0.1) is 16.1 Å². The lowest BCUT2D eigenvalue weighted by molar-refractivity contribution is -0.152. The van der Waals surface area contributed by atoms with E-state index in [0.717, 1.165) is 9.87 Å². The number of nitrogens with one attached hydrogen (secondary N) is 1. The van der Waals surface area contributed by atoms with Gasteiger partial charge in [0.1, 0.15) is 12.1 Å². The van der Waals surface area contributed by atoms with E-state index >= 15 is 0 Å². The van der Waals surface area contributed by atoms with Crippen LogP contribution in [0.15, 0.2) is 83.9 Å². The molecule has 1 N–H and O–H groups in total. The van der Waals surface area contributed by atoms with E-state index < -0.39 is 28.1 Å². The van der Waals surface area contributed by atoms with E-state index in [0.29, 0.717) is 17.4 Å². The van der Waals surface area contributed by atoms with Gasteiger partial charge in [0, 0.05) is 28.2 Å². The van der Waals surface area contributed by atoms with E-state index in [-0.39, 0.29) is 26.7 Å². The second kappa shape index (κ2) is 11.3. The van der Waals surface area contributed by atoms with Gasteiger partial charge in [-0.25, -0.2) is 13.2 Å². The van der Waals surface area contributed by atoms with Gasteiger partial charge in [0.25, 0.3) is 10.0 Å². The highest BCUT2D eigenvalue weighted by Crippen LogP contribution is 2.31. The van der Waals surface area contributed by atoms with Crippen molar-refractivity contribution in [2.24, 2.45) is 0 Å². The molecule has 0 aliphatic carbocycles. The van der Waals surface area contributed by atoms with Crippen molar-refractivity contribution in [3.63, 3.8) is 0 Å². The number of aromatic nitrogens is 1. The van der Waals surface area contributed by atoms with E-state index in [1.165, 1.54) is 28.8 Å². The number of hydrogen-bond acceptors (Lipinski definition) is 5. The van der Waals surface area contributed by atoms with Crippen molar-refractivity contribution >= 4 is 61.8 Å². The first-order valence-corrected chi connectivity index (χ1v) is 14.2. The molecule has 0 saturated heterocycles. The van der Waals surface area contributed by atoms with Gasteiger partial charge in [0.2, 0.25) is 0 Å². The molecule has 0 atom stereocenters. The Bertz CT molecular complexity index is 1610. The normalized spacial score (nSPS) is 11.8. The van der Waals surface area contributed by atoms with Crippen LogP contribution in [0.1, 0.15) is 26.3 Å². The number of esters is 1. The number of hydrogen-bond donors (Lipinski definition) is 1. The Morgan fingerprint density at radius 2 is 1.62 bits per heavy atom. The predicted octanol–water partition coefficient (Wildman–Crippen LogP) is 6.24. The molecule has 204 valence electrons. The van der Waals surface area contributed by atoms with E-state index in [2.05, 4.69) is 5.32 Å². The van der Waals surface area contributed by atoms with Crippen molar-refractivity contribution in [1.82, 2.24) is 9.88 Å². The van der Waals surface area contributed by atoms with Gasteiger partial charge in [-0.1, -0.05) is 53.5 Å². The minimum atomic E-state index is -4.29. The third kappa shape index (κ3) is 6.92. The molecule has 11 heteroatoms. The average Bonchev–Trinajstić information content (AvgIpc) is 3.28. The third-order valence-electron chi connectivity index (χ3n) is 5.58. The van der Waals surface area contributed by atoms with Gasteiger partial charge in [-0.3, -0.25) is 13.7 Å². The summed E-state index contributed by atoms with van der Waals surface area (Å²) in [6.45, 7) is 4.84. The largest absolute Gasteiger partial charge is 0.459 e. The van der Waals surface area contributed by atoms with Crippen molar-refractivity contribution in [2.45, 2.75) is 37.8 Å². The van der Waals surface area contributed by atoms with Gasteiger partial charge >= 0.3 is 12.0 Å². The molecule has 0 aliphatic rings. The quantitative estimate of drug-likeness (QED) is 0.258. The highest BCUT2D eigenvalue weighted by molar-refractivity contribution is 7.92. The summed E-state index contributed by atoms with van der Waals surface area (Å²) < 4.78 is 35.3. The Labute approximate surface area is 237 Å². The maximum Gasteiger partial charge on any atom is 0.327 e. The van der Waals surface area contributed by atoms with Gasteiger partial charge in [-0.05, 0) is 68.8 Å². The fourth-order valence-corrected chi connectivity index (χ4v) is 6.06. The van der Waals surface area contributed by atoms with Crippen molar-refractivity contribution < 1.29 is 22.7 Å². The molecule has 0 fully saturated rings. The summed E-state index contributed by atoms with van der Waals surface area (Å²) >= 11 is 12.2. The lowest BCUT2D eigenvalue weighted by atomic mass is 10.2. The molecule has 3 aromatic carbocycles. The van der Waals surface area contributed by atoms with Crippen molar-refractivity contribution in [1.29, 1.82) is 0 Å². The van der Waals surface area contributed by atoms with Gasteiger partial charge in [-0.2, -0.15) is 0 Å². The van der Waals surface area contributed by atoms with Crippen LogP contribution in [-0.2, 0) is 26.1 Å². The molecule has 1 amide bonds. The van der Waals surface area contributed by atoms with Crippen LogP contribution in [0.2, 0.25) is 10.0 Å². The number of halogens is 2. The highest BCUT2D eigenvalue weighted by atomic mass is 35.5. The number of anilines is 1. The zero-order valence-corrected chi connectivity index (χ0v) is 23.8. The molecular weight excluding hydrogens is 561 g/mol. The summed E-state index contributed by atoms with van der Waals surface area (Å²) in [7, 11) is -4.29. The number of carbonyl (C=O) groups is 2. The molecule has 1 heterocycles. The third-order valence-corrected chi connectivity index (χ3v) is 7.77. The minimum Gasteiger partial charge on any atom is -0.459 e. The highest BCUT2D eigenvalue weighted by Gasteiger charge is 2.30. The maximum absolute atomic E-state index is 13.7. The van der Waals surface area contributed by atoms with Crippen LogP contribution in [-0.4, -0.2) is 37.1 Å². The van der Waals surface area contributed by atoms with Crippen LogP contribution >= 0.6 is 23.2 Å². The molecule has 8 nitrogen and oxygen atoms in total. The maximum atomic E-state index is 13.7. The number of sulfonamides is 1. The van der Waals surface area contributed by atoms with E-state index in [1.807, 2.05) is 30.3 Å². The summed E-state index contributed by atoms with van der Waals surface area (Å²) in [5.41, 5.74) is 0.894. The van der Waals surface area contributed by atoms with Crippen molar-refractivity contribution in [2.75, 3.05) is 10.8 Å². The summed E-state index contributed by atoms with van der Waals surface area (Å²) in [4.78, 5) is 25.4. The van der Waals surface area contributed by atoms with E-state index in [1.54, 1.807) is 45.2 Å². The fraction of sp³-hybridized carbons (Fsp3) is 0.214. The molecule has 0 spiro atoms. The van der Waals surface area contributed by atoms with E-state index in [9.17, 15) is 18.0 Å². The second-order valence-corrected chi connectivity index (χ2v) is 12.5. The molecule has 4 aromatic rings. The number of ether oxygens (including phenoxy) is 1. The first kappa shape index (κ1) is 28.5. The van der Waals surface area contributed by atoms with Crippen LogP contribution in [0, 0.1) is 0 Å². The lowest BCUT2D eigenvalue weighted by Crippen LogP contribution is -2.39.